The van der Waals surface area contributed by atoms with Crippen LogP contribution in [0.3, 0.4) is 0 Å². The minimum Gasteiger partial charge on any atom is -0.367 e. The summed E-state index contributed by atoms with van der Waals surface area (Å²) in [7, 11) is 0. The van der Waals surface area contributed by atoms with Crippen LogP contribution in [0.5, 0.6) is 0 Å². The number of pyridine rings is 1. The third-order valence-electron chi connectivity index (χ3n) is 4.07. The van der Waals surface area contributed by atoms with Gasteiger partial charge in [-0.1, -0.05) is 26.2 Å². The first-order valence-corrected chi connectivity index (χ1v) is 7.38. The molecule has 0 aromatic carbocycles. The van der Waals surface area contributed by atoms with Gasteiger partial charge in [0.1, 0.15) is 5.82 Å². The van der Waals surface area contributed by atoms with E-state index in [0.29, 0.717) is 11.6 Å². The zero-order valence-corrected chi connectivity index (χ0v) is 11.9. The predicted molar refractivity (Wildman–Crippen MR) is 78.0 cm³/mol. The van der Waals surface area contributed by atoms with Crippen molar-refractivity contribution in [3.05, 3.63) is 23.4 Å². The number of aromatic nitrogens is 1. The van der Waals surface area contributed by atoms with Crippen molar-refractivity contribution in [1.29, 1.82) is 5.26 Å². The van der Waals surface area contributed by atoms with Gasteiger partial charge in [0.15, 0.2) is 0 Å². The monoisotopic (exact) mass is 257 g/mol. The quantitative estimate of drug-likeness (QED) is 0.885. The summed E-state index contributed by atoms with van der Waals surface area (Å²) in [6.45, 7) is 4.17. The molecule has 0 spiro atoms. The average Bonchev–Trinajstić information content (AvgIpc) is 2.45. The highest BCUT2D eigenvalue weighted by Crippen LogP contribution is 2.29. The van der Waals surface area contributed by atoms with E-state index in [1.54, 1.807) is 0 Å². The number of nitriles is 1. The van der Waals surface area contributed by atoms with Crippen LogP contribution >= 0.6 is 0 Å². The maximum atomic E-state index is 9.02. The smallest absolute Gasteiger partial charge is 0.127 e. The normalized spacial score (nSPS) is 17.7. The van der Waals surface area contributed by atoms with Gasteiger partial charge in [0, 0.05) is 11.7 Å². The summed E-state index contributed by atoms with van der Waals surface area (Å²) in [6, 6.07) is 6.37. The number of hydrogen-bond donors (Lipinski definition) is 1. The Kier molecular flexibility index (Phi) is 4.79. The molecule has 1 N–H and O–H groups in total. The number of aryl methyl sites for hydroxylation is 1. The molecule has 1 unspecified atom stereocenters. The zero-order valence-electron chi connectivity index (χ0n) is 11.9. The van der Waals surface area contributed by atoms with Gasteiger partial charge in [0.25, 0.3) is 0 Å². The van der Waals surface area contributed by atoms with Gasteiger partial charge in [-0.05, 0) is 44.2 Å². The highest BCUT2D eigenvalue weighted by atomic mass is 15.0. The molecule has 0 saturated heterocycles. The Balaban J connectivity index is 2.09. The first-order chi connectivity index (χ1) is 9.22. The fraction of sp³-hybridized carbons (Fsp3) is 0.625. The number of hydrogen-bond acceptors (Lipinski definition) is 3. The van der Waals surface area contributed by atoms with E-state index in [2.05, 4.69) is 23.3 Å². The van der Waals surface area contributed by atoms with Crippen molar-refractivity contribution < 1.29 is 0 Å². The number of nitrogens with one attached hydrogen (secondary N) is 1. The molecule has 1 aliphatic carbocycles. The highest BCUT2D eigenvalue weighted by molar-refractivity contribution is 5.45. The Morgan fingerprint density at radius 1 is 1.37 bits per heavy atom. The molecule has 102 valence electrons. The van der Waals surface area contributed by atoms with Crippen LogP contribution in [0.25, 0.3) is 0 Å². The van der Waals surface area contributed by atoms with Gasteiger partial charge in [-0.25, -0.2) is 4.98 Å². The lowest BCUT2D eigenvalue weighted by Gasteiger charge is -2.30. The van der Waals surface area contributed by atoms with Crippen LogP contribution < -0.4 is 5.32 Å². The lowest BCUT2D eigenvalue weighted by atomic mass is 9.83. The van der Waals surface area contributed by atoms with E-state index < -0.39 is 0 Å². The molecule has 1 fully saturated rings. The van der Waals surface area contributed by atoms with Crippen molar-refractivity contribution in [3.8, 4) is 6.07 Å². The molecule has 1 atom stereocenters. The lowest BCUT2D eigenvalue weighted by molar-refractivity contribution is 0.312. The van der Waals surface area contributed by atoms with Gasteiger partial charge in [0.2, 0.25) is 0 Å². The Bertz CT molecular complexity index is 456. The molecule has 1 aromatic heterocycles. The second-order valence-electron chi connectivity index (χ2n) is 5.55. The van der Waals surface area contributed by atoms with E-state index in [9.17, 15) is 0 Å². The Labute approximate surface area is 116 Å². The van der Waals surface area contributed by atoms with E-state index in [-0.39, 0.29) is 0 Å². The van der Waals surface area contributed by atoms with Gasteiger partial charge >= 0.3 is 0 Å². The SMILES string of the molecule is CCC(Nc1cc(C#N)cc(C)n1)C1CCCCC1. The van der Waals surface area contributed by atoms with Gasteiger partial charge < -0.3 is 5.32 Å². The van der Waals surface area contributed by atoms with E-state index in [4.69, 9.17) is 5.26 Å². The predicted octanol–water partition coefficient (Wildman–Crippen LogP) is 4.03. The molecular formula is C16H23N3. The maximum absolute atomic E-state index is 9.02. The molecule has 0 bridgehead atoms. The summed E-state index contributed by atoms with van der Waals surface area (Å²) in [4.78, 5) is 4.50. The van der Waals surface area contributed by atoms with E-state index in [1.165, 1.54) is 32.1 Å². The first kappa shape index (κ1) is 13.9. The summed E-state index contributed by atoms with van der Waals surface area (Å²) in [5.41, 5.74) is 1.59. The third-order valence-corrected chi connectivity index (χ3v) is 4.07. The Morgan fingerprint density at radius 3 is 2.74 bits per heavy atom. The van der Waals surface area contributed by atoms with Crippen LogP contribution in [0.4, 0.5) is 5.82 Å². The molecule has 19 heavy (non-hydrogen) atoms. The first-order valence-electron chi connectivity index (χ1n) is 7.38. The van der Waals surface area contributed by atoms with Crippen LogP contribution in [0.2, 0.25) is 0 Å². The highest BCUT2D eigenvalue weighted by Gasteiger charge is 2.22. The summed E-state index contributed by atoms with van der Waals surface area (Å²) >= 11 is 0. The molecule has 1 aromatic rings. The minimum atomic E-state index is 0.487. The van der Waals surface area contributed by atoms with E-state index >= 15 is 0 Å². The van der Waals surface area contributed by atoms with Crippen molar-refractivity contribution in [3.63, 3.8) is 0 Å². The molecule has 3 heteroatoms. The second kappa shape index (κ2) is 6.56. The van der Waals surface area contributed by atoms with Crippen LogP contribution in [-0.4, -0.2) is 11.0 Å². The van der Waals surface area contributed by atoms with Crippen LogP contribution in [0, 0.1) is 24.2 Å². The summed E-state index contributed by atoms with van der Waals surface area (Å²) in [6.07, 6.45) is 7.85. The molecular weight excluding hydrogens is 234 g/mol. The van der Waals surface area contributed by atoms with Crippen molar-refractivity contribution in [2.24, 2.45) is 5.92 Å². The third kappa shape index (κ3) is 3.70. The van der Waals surface area contributed by atoms with E-state index in [1.807, 2.05) is 19.1 Å². The minimum absolute atomic E-state index is 0.487. The zero-order chi connectivity index (χ0) is 13.7. The largest absolute Gasteiger partial charge is 0.367 e. The molecule has 0 radical (unpaired) electrons. The Hall–Kier alpha value is -1.56. The summed E-state index contributed by atoms with van der Waals surface area (Å²) in [5, 5.41) is 12.6. The standard InChI is InChI=1S/C16H23N3/c1-3-15(14-7-5-4-6-8-14)19-16-10-13(11-17)9-12(2)18-16/h9-10,14-15H,3-8H2,1-2H3,(H,18,19). The number of anilines is 1. The van der Waals surface area contributed by atoms with Gasteiger partial charge in [-0.2, -0.15) is 5.26 Å². The van der Waals surface area contributed by atoms with E-state index in [0.717, 1.165) is 23.9 Å². The average molecular weight is 257 g/mol. The molecule has 2 rings (SSSR count). The summed E-state index contributed by atoms with van der Waals surface area (Å²) < 4.78 is 0. The number of nitrogens with zero attached hydrogens (tertiary/aromatic N) is 2. The van der Waals surface area contributed by atoms with Crippen LogP contribution in [0.1, 0.15) is 56.7 Å². The van der Waals surface area contributed by atoms with Gasteiger partial charge in [-0.3, -0.25) is 0 Å². The molecule has 3 nitrogen and oxygen atoms in total. The Morgan fingerprint density at radius 2 is 2.11 bits per heavy atom. The van der Waals surface area contributed by atoms with Crippen molar-refractivity contribution >= 4 is 5.82 Å². The topological polar surface area (TPSA) is 48.7 Å². The molecule has 1 aliphatic rings. The second-order valence-corrected chi connectivity index (χ2v) is 5.55. The fourth-order valence-corrected chi connectivity index (χ4v) is 3.09. The van der Waals surface area contributed by atoms with Crippen LogP contribution in [0.15, 0.2) is 12.1 Å². The van der Waals surface area contributed by atoms with Gasteiger partial charge in [-0.15, -0.1) is 0 Å². The molecule has 0 aliphatic heterocycles. The molecule has 1 saturated carbocycles. The fourth-order valence-electron chi connectivity index (χ4n) is 3.09. The lowest BCUT2D eigenvalue weighted by Crippen LogP contribution is -2.30. The molecule has 1 heterocycles. The van der Waals surface area contributed by atoms with Crippen LogP contribution in [-0.2, 0) is 0 Å². The van der Waals surface area contributed by atoms with Crippen molar-refractivity contribution in [2.45, 2.75) is 58.4 Å². The van der Waals surface area contributed by atoms with Crippen molar-refractivity contribution in [1.82, 2.24) is 4.98 Å². The van der Waals surface area contributed by atoms with Gasteiger partial charge in [0.05, 0.1) is 11.6 Å². The van der Waals surface area contributed by atoms with Crippen molar-refractivity contribution in [2.75, 3.05) is 5.32 Å². The maximum Gasteiger partial charge on any atom is 0.127 e. The molecule has 0 amide bonds. The number of rotatable bonds is 4. The summed E-state index contributed by atoms with van der Waals surface area (Å²) in [5.74, 6) is 1.61.